The molecule has 12 heteroatoms. The Bertz CT molecular complexity index is 1210. The van der Waals surface area contributed by atoms with Gasteiger partial charge in [0.1, 0.15) is 25.0 Å². The van der Waals surface area contributed by atoms with E-state index >= 15 is 0 Å². The molecule has 1 aromatic carbocycles. The van der Waals surface area contributed by atoms with E-state index in [1.54, 1.807) is 30.7 Å². The smallest absolute Gasteiger partial charge is 0.257 e. The topological polar surface area (TPSA) is 148 Å². The lowest BCUT2D eigenvalue weighted by Crippen LogP contribution is -2.44. The van der Waals surface area contributed by atoms with Gasteiger partial charge in [0.2, 0.25) is 0 Å². The normalized spacial score (nSPS) is 20.5. The Labute approximate surface area is 199 Å². The molecule has 0 spiro atoms. The maximum Gasteiger partial charge on any atom is 0.257 e. The predicted octanol–water partition coefficient (Wildman–Crippen LogP) is 1.89. The molecule has 1 aliphatic rings. The van der Waals surface area contributed by atoms with Crippen LogP contribution in [-0.2, 0) is 4.74 Å². The zero-order valence-corrected chi connectivity index (χ0v) is 19.8. The van der Waals surface area contributed by atoms with Gasteiger partial charge in [0, 0.05) is 26.2 Å². The highest BCUT2D eigenvalue weighted by Gasteiger charge is 2.27. The molecule has 1 aliphatic heterocycles. The van der Waals surface area contributed by atoms with Gasteiger partial charge in [-0.25, -0.2) is 10.8 Å². The molecule has 11 nitrogen and oxygen atoms in total. The molecular weight excluding hydrogens is 433 g/mol. The summed E-state index contributed by atoms with van der Waals surface area (Å²) in [5, 5.41) is 15.2. The van der Waals surface area contributed by atoms with Crippen molar-refractivity contribution >= 4 is 48.1 Å². The Hall–Kier alpha value is -3.51. The van der Waals surface area contributed by atoms with Gasteiger partial charge in [-0.05, 0) is 30.5 Å². The number of aromatic nitrogens is 3. The van der Waals surface area contributed by atoms with Gasteiger partial charge >= 0.3 is 0 Å². The highest BCUT2D eigenvalue weighted by atomic mass is 16.5. The molecule has 178 valence electrons. The third kappa shape index (κ3) is 4.21. The number of hydrazine groups is 1. The first-order valence-electron chi connectivity index (χ1n) is 11.2. The van der Waals surface area contributed by atoms with E-state index in [1.807, 2.05) is 19.9 Å². The summed E-state index contributed by atoms with van der Waals surface area (Å²) in [6.07, 6.45) is 2.49. The highest BCUT2D eigenvalue weighted by molar-refractivity contribution is 6.11. The minimum Gasteiger partial charge on any atom is -0.397 e. The number of carbonyl (C=O) groups excluding carboxylic acids is 1. The predicted molar refractivity (Wildman–Crippen MR) is 134 cm³/mol. The Morgan fingerprint density at radius 1 is 1.29 bits per heavy atom. The average molecular weight is 463 g/mol. The van der Waals surface area contributed by atoms with Gasteiger partial charge in [-0.2, -0.15) is 9.61 Å². The summed E-state index contributed by atoms with van der Waals surface area (Å²) in [5.74, 6) is 6.91. The fourth-order valence-corrected chi connectivity index (χ4v) is 4.28. The first-order valence-corrected chi connectivity index (χ1v) is 11.2. The van der Waals surface area contributed by atoms with Gasteiger partial charge in [0.15, 0.2) is 5.65 Å². The van der Waals surface area contributed by atoms with Crippen molar-refractivity contribution in [2.24, 2.45) is 5.84 Å². The first-order chi connectivity index (χ1) is 16.3. The number of rotatable bonds is 4. The lowest BCUT2D eigenvalue weighted by atomic mass is 9.90. The van der Waals surface area contributed by atoms with Crippen LogP contribution in [0.4, 0.5) is 28.7 Å². The number of hydrogen-bond donors (Lipinski definition) is 5. The molecule has 7 N–H and O–H groups in total. The fourth-order valence-electron chi connectivity index (χ4n) is 4.28. The minimum absolute atomic E-state index is 0.266. The molecule has 0 saturated heterocycles. The van der Waals surface area contributed by atoms with Crippen LogP contribution in [-0.4, -0.2) is 54.6 Å². The van der Waals surface area contributed by atoms with E-state index in [-0.39, 0.29) is 18.1 Å². The molecular formula is C22H30BN9O2. The average Bonchev–Trinajstić information content (AvgIpc) is 3.23. The van der Waals surface area contributed by atoms with Crippen molar-refractivity contribution in [2.75, 3.05) is 35.5 Å². The van der Waals surface area contributed by atoms with Crippen LogP contribution in [0.5, 0.6) is 0 Å². The van der Waals surface area contributed by atoms with Crippen LogP contribution in [0.15, 0.2) is 24.4 Å². The van der Waals surface area contributed by atoms with E-state index < -0.39 is 6.00 Å². The lowest BCUT2D eigenvalue weighted by Gasteiger charge is -2.30. The number of nitrogen functional groups attached to an aromatic ring is 1. The van der Waals surface area contributed by atoms with Crippen LogP contribution in [0, 0.1) is 0 Å². The summed E-state index contributed by atoms with van der Waals surface area (Å²) in [5.41, 5.74) is 9.39. The number of nitrogens with one attached hydrogen (secondary N) is 3. The lowest BCUT2D eigenvalue weighted by molar-refractivity contribution is 0.00276. The van der Waals surface area contributed by atoms with Crippen LogP contribution in [0.1, 0.15) is 48.6 Å². The number of amides is 1. The maximum atomic E-state index is 13.3. The zero-order chi connectivity index (χ0) is 24.6. The number of anilines is 5. The molecule has 2 aromatic heterocycles. The van der Waals surface area contributed by atoms with E-state index in [1.165, 1.54) is 11.2 Å². The molecule has 0 aliphatic carbocycles. The SMILES string of the molecule is [B]C1OC(CC)C(CC)NC(=O)c2cnn3c(NC)cc(nc23)Nc2cc1cc(N)c2N(C)N. The summed E-state index contributed by atoms with van der Waals surface area (Å²) in [6, 6.07) is 4.33. The number of nitrogens with two attached hydrogens (primary N) is 2. The Morgan fingerprint density at radius 3 is 2.71 bits per heavy atom. The number of fused-ring (bicyclic) bond motifs is 3. The van der Waals surface area contributed by atoms with Crippen LogP contribution < -0.4 is 32.5 Å². The van der Waals surface area contributed by atoms with Crippen LogP contribution >= 0.6 is 0 Å². The largest absolute Gasteiger partial charge is 0.397 e. The molecule has 1 amide bonds. The molecule has 2 radical (unpaired) electrons. The number of carbonyl (C=O) groups is 1. The van der Waals surface area contributed by atoms with Crippen molar-refractivity contribution in [3.05, 3.63) is 35.5 Å². The summed E-state index contributed by atoms with van der Waals surface area (Å²) in [4.78, 5) is 17.9. The van der Waals surface area contributed by atoms with Crippen molar-refractivity contribution in [2.45, 2.75) is 44.8 Å². The van der Waals surface area contributed by atoms with E-state index in [9.17, 15) is 4.79 Å². The minimum atomic E-state index is -0.770. The van der Waals surface area contributed by atoms with E-state index in [0.29, 0.717) is 58.3 Å². The van der Waals surface area contributed by atoms with E-state index in [4.69, 9.17) is 24.2 Å². The second kappa shape index (κ2) is 9.39. The number of ether oxygens (including phenoxy) is 1. The third-order valence-corrected chi connectivity index (χ3v) is 6.01. The van der Waals surface area contributed by atoms with Crippen molar-refractivity contribution in [3.63, 3.8) is 0 Å². The Morgan fingerprint density at radius 2 is 2.06 bits per heavy atom. The van der Waals surface area contributed by atoms with Gasteiger partial charge in [0.05, 0.1) is 35.4 Å². The molecule has 34 heavy (non-hydrogen) atoms. The van der Waals surface area contributed by atoms with Crippen LogP contribution in [0.3, 0.4) is 0 Å². The second-order valence-electron chi connectivity index (χ2n) is 8.30. The quantitative estimate of drug-likeness (QED) is 0.169. The monoisotopic (exact) mass is 463 g/mol. The molecule has 3 aromatic rings. The van der Waals surface area contributed by atoms with Crippen LogP contribution in [0.25, 0.3) is 5.65 Å². The second-order valence-corrected chi connectivity index (χ2v) is 8.30. The number of nitrogens with zero attached hydrogens (tertiary/aromatic N) is 4. The summed E-state index contributed by atoms with van der Waals surface area (Å²) in [6.45, 7) is 3.98. The molecule has 4 bridgehead atoms. The molecule has 0 saturated carbocycles. The summed E-state index contributed by atoms with van der Waals surface area (Å²) < 4.78 is 7.80. The standard InChI is InChI=1S/C22H30BN9O2/c1-5-14-16(6-2)34-20(23)11-7-13(24)19(31(4)25)15(8-11)28-17-9-18(26-3)32-21(30-17)12(10-27-32)22(33)29-14/h7-10,14,16,20,26H,5-6,24-25H2,1-4H3,(H,28,30)(H,29,33). The zero-order valence-electron chi connectivity index (χ0n) is 19.8. The van der Waals surface area contributed by atoms with Crippen LogP contribution in [0.2, 0.25) is 0 Å². The number of hydrogen-bond acceptors (Lipinski definition) is 9. The van der Waals surface area contributed by atoms with E-state index in [2.05, 4.69) is 26.0 Å². The first kappa shape index (κ1) is 23.6. The van der Waals surface area contributed by atoms with Gasteiger partial charge in [-0.3, -0.25) is 4.79 Å². The molecule has 3 atom stereocenters. The third-order valence-electron chi connectivity index (χ3n) is 6.01. The van der Waals surface area contributed by atoms with Crippen molar-refractivity contribution in [1.82, 2.24) is 19.9 Å². The Balaban J connectivity index is 1.96. The van der Waals surface area contributed by atoms with Gasteiger partial charge in [0.25, 0.3) is 5.91 Å². The number of benzene rings is 1. The maximum absolute atomic E-state index is 13.3. The fraction of sp³-hybridized carbons (Fsp3) is 0.409. The molecule has 3 heterocycles. The molecule has 3 unspecified atom stereocenters. The van der Waals surface area contributed by atoms with Crippen molar-refractivity contribution in [1.29, 1.82) is 0 Å². The summed E-state index contributed by atoms with van der Waals surface area (Å²) >= 11 is 0. The summed E-state index contributed by atoms with van der Waals surface area (Å²) in [7, 11) is 9.92. The molecule has 0 fully saturated rings. The van der Waals surface area contributed by atoms with Gasteiger partial charge in [-0.1, -0.05) is 13.8 Å². The van der Waals surface area contributed by atoms with Crippen molar-refractivity contribution < 1.29 is 9.53 Å². The van der Waals surface area contributed by atoms with Gasteiger partial charge < -0.3 is 31.4 Å². The Kier molecular flexibility index (Phi) is 6.53. The molecule has 4 rings (SSSR count). The van der Waals surface area contributed by atoms with Gasteiger partial charge in [-0.15, -0.1) is 0 Å². The van der Waals surface area contributed by atoms with E-state index in [0.717, 1.165) is 0 Å². The van der Waals surface area contributed by atoms with Crippen molar-refractivity contribution in [3.8, 4) is 0 Å². The highest BCUT2D eigenvalue weighted by Crippen LogP contribution is 2.37.